The molecule has 1 amide bonds. The number of piperidine rings is 1. The van der Waals surface area contributed by atoms with Gasteiger partial charge in [0.1, 0.15) is 0 Å². The Bertz CT molecular complexity index is 226. The molecule has 1 aliphatic carbocycles. The smallest absolute Gasteiger partial charge is 0.222 e. The summed E-state index contributed by atoms with van der Waals surface area (Å²) in [5, 5.41) is 9.47. The Morgan fingerprint density at radius 3 is 2.67 bits per heavy atom. The van der Waals surface area contributed by atoms with Crippen LogP contribution in [0.2, 0.25) is 0 Å². The van der Waals surface area contributed by atoms with Crippen molar-refractivity contribution in [2.75, 3.05) is 13.1 Å². The fourth-order valence-electron chi connectivity index (χ4n) is 2.45. The first kappa shape index (κ1) is 10.9. The van der Waals surface area contributed by atoms with Crippen LogP contribution in [-0.2, 0) is 4.79 Å². The van der Waals surface area contributed by atoms with Gasteiger partial charge in [-0.25, -0.2) is 0 Å². The molecule has 3 heteroatoms. The Hall–Kier alpha value is -0.570. The molecule has 1 unspecified atom stereocenters. The van der Waals surface area contributed by atoms with E-state index in [4.69, 9.17) is 0 Å². The minimum Gasteiger partial charge on any atom is -0.391 e. The first-order valence-electron chi connectivity index (χ1n) is 6.21. The Labute approximate surface area is 91.5 Å². The molecule has 0 aromatic rings. The number of β-amino-alcohol motifs (C(OH)–C–C–N with tert-alkyl or cyclic N) is 1. The van der Waals surface area contributed by atoms with Crippen molar-refractivity contribution in [3.63, 3.8) is 0 Å². The second-order valence-corrected chi connectivity index (χ2v) is 4.97. The minimum absolute atomic E-state index is 0.251. The second kappa shape index (κ2) is 4.97. The topological polar surface area (TPSA) is 40.5 Å². The number of carbonyl (C=O) groups excluding carboxylic acids is 1. The lowest BCUT2D eigenvalue weighted by atomic mass is 9.82. The molecule has 0 spiro atoms. The van der Waals surface area contributed by atoms with Gasteiger partial charge in [0.15, 0.2) is 0 Å². The Morgan fingerprint density at radius 2 is 2.07 bits per heavy atom. The van der Waals surface area contributed by atoms with Gasteiger partial charge in [-0.3, -0.25) is 4.79 Å². The van der Waals surface area contributed by atoms with Crippen molar-refractivity contribution in [2.45, 2.75) is 51.0 Å². The number of hydrogen-bond acceptors (Lipinski definition) is 2. The molecule has 1 saturated heterocycles. The highest BCUT2D eigenvalue weighted by Gasteiger charge is 2.24. The Balaban J connectivity index is 1.69. The molecule has 0 aromatic carbocycles. The lowest BCUT2D eigenvalue weighted by molar-refractivity contribution is -0.134. The van der Waals surface area contributed by atoms with E-state index in [1.807, 2.05) is 4.90 Å². The van der Waals surface area contributed by atoms with E-state index in [0.717, 1.165) is 31.7 Å². The lowest BCUT2D eigenvalue weighted by Crippen LogP contribution is -2.42. The molecule has 1 atom stereocenters. The van der Waals surface area contributed by atoms with Gasteiger partial charge in [-0.1, -0.05) is 19.3 Å². The maximum absolute atomic E-state index is 11.8. The van der Waals surface area contributed by atoms with Crippen molar-refractivity contribution >= 4 is 5.91 Å². The second-order valence-electron chi connectivity index (χ2n) is 4.97. The fraction of sp³-hybridized carbons (Fsp3) is 0.917. The maximum atomic E-state index is 11.8. The van der Waals surface area contributed by atoms with Gasteiger partial charge in [0, 0.05) is 19.5 Å². The quantitative estimate of drug-likeness (QED) is 0.769. The van der Waals surface area contributed by atoms with Gasteiger partial charge in [0.05, 0.1) is 6.10 Å². The molecule has 1 heterocycles. The maximum Gasteiger partial charge on any atom is 0.222 e. The summed E-state index contributed by atoms with van der Waals surface area (Å²) in [5.74, 6) is 1.06. The van der Waals surface area contributed by atoms with Crippen molar-refractivity contribution in [3.8, 4) is 0 Å². The van der Waals surface area contributed by atoms with Crippen molar-refractivity contribution in [1.29, 1.82) is 0 Å². The van der Waals surface area contributed by atoms with Crippen LogP contribution in [0.5, 0.6) is 0 Å². The van der Waals surface area contributed by atoms with Crippen LogP contribution in [0.15, 0.2) is 0 Å². The van der Waals surface area contributed by atoms with E-state index < -0.39 is 0 Å². The fourth-order valence-corrected chi connectivity index (χ4v) is 2.45. The number of nitrogens with zero attached hydrogens (tertiary/aromatic N) is 1. The van der Waals surface area contributed by atoms with E-state index in [1.54, 1.807) is 0 Å². The van der Waals surface area contributed by atoms with Crippen molar-refractivity contribution in [2.24, 2.45) is 5.92 Å². The van der Waals surface area contributed by atoms with Crippen molar-refractivity contribution in [3.05, 3.63) is 0 Å². The predicted molar refractivity (Wildman–Crippen MR) is 58.4 cm³/mol. The first-order valence-corrected chi connectivity index (χ1v) is 6.21. The van der Waals surface area contributed by atoms with E-state index in [0.29, 0.717) is 13.0 Å². The van der Waals surface area contributed by atoms with E-state index in [-0.39, 0.29) is 12.0 Å². The average Bonchev–Trinajstić information content (AvgIpc) is 2.15. The summed E-state index contributed by atoms with van der Waals surface area (Å²) in [4.78, 5) is 13.6. The summed E-state index contributed by atoms with van der Waals surface area (Å²) in [7, 11) is 0. The monoisotopic (exact) mass is 211 g/mol. The molecular formula is C12H21NO2. The molecule has 3 nitrogen and oxygen atoms in total. The number of carbonyl (C=O) groups is 1. The van der Waals surface area contributed by atoms with Crippen molar-refractivity contribution < 1.29 is 9.90 Å². The van der Waals surface area contributed by atoms with Gasteiger partial charge >= 0.3 is 0 Å². The normalized spacial score (nSPS) is 27.5. The number of hydrogen-bond donors (Lipinski definition) is 1. The molecule has 0 aromatic heterocycles. The largest absolute Gasteiger partial charge is 0.391 e. The first-order chi connectivity index (χ1) is 7.25. The zero-order chi connectivity index (χ0) is 10.7. The van der Waals surface area contributed by atoms with Gasteiger partial charge < -0.3 is 10.0 Å². The van der Waals surface area contributed by atoms with Gasteiger partial charge in [-0.15, -0.1) is 0 Å². The summed E-state index contributed by atoms with van der Waals surface area (Å²) in [6.45, 7) is 1.41. The number of rotatable bonds is 3. The van der Waals surface area contributed by atoms with E-state index in [2.05, 4.69) is 0 Å². The zero-order valence-electron chi connectivity index (χ0n) is 9.32. The summed E-state index contributed by atoms with van der Waals surface area (Å²) in [6.07, 6.45) is 7.25. The third kappa shape index (κ3) is 2.94. The molecule has 86 valence electrons. The highest BCUT2D eigenvalue weighted by molar-refractivity contribution is 5.76. The number of aliphatic hydroxyl groups is 1. The predicted octanol–water partition coefficient (Wildman–Crippen LogP) is 1.55. The average molecular weight is 211 g/mol. The number of amides is 1. The number of aliphatic hydroxyl groups excluding tert-OH is 1. The SMILES string of the molecule is O=C(CCC1CCC1)N1CCCC(O)C1. The molecule has 2 aliphatic rings. The van der Waals surface area contributed by atoms with Crippen LogP contribution >= 0.6 is 0 Å². The third-order valence-corrected chi connectivity index (χ3v) is 3.74. The molecular weight excluding hydrogens is 190 g/mol. The molecule has 15 heavy (non-hydrogen) atoms. The van der Waals surface area contributed by atoms with Crippen LogP contribution < -0.4 is 0 Å². The van der Waals surface area contributed by atoms with Crippen molar-refractivity contribution in [1.82, 2.24) is 4.90 Å². The van der Waals surface area contributed by atoms with Gasteiger partial charge in [-0.05, 0) is 25.2 Å². The standard InChI is InChI=1S/C12H21NO2/c14-11-5-2-8-13(9-11)12(15)7-6-10-3-1-4-10/h10-11,14H,1-9H2. The van der Waals surface area contributed by atoms with Gasteiger partial charge in [-0.2, -0.15) is 0 Å². The summed E-state index contributed by atoms with van der Waals surface area (Å²) >= 11 is 0. The summed E-state index contributed by atoms with van der Waals surface area (Å²) in [6, 6.07) is 0. The van der Waals surface area contributed by atoms with Crippen LogP contribution in [0.1, 0.15) is 44.9 Å². The molecule has 0 radical (unpaired) electrons. The Kier molecular flexibility index (Phi) is 3.62. The van der Waals surface area contributed by atoms with E-state index in [9.17, 15) is 9.90 Å². The number of likely N-dealkylation sites (tertiary alicyclic amines) is 1. The molecule has 0 bridgehead atoms. The van der Waals surface area contributed by atoms with Crippen LogP contribution in [0.25, 0.3) is 0 Å². The highest BCUT2D eigenvalue weighted by atomic mass is 16.3. The minimum atomic E-state index is -0.286. The summed E-state index contributed by atoms with van der Waals surface area (Å²) < 4.78 is 0. The van der Waals surface area contributed by atoms with Crippen LogP contribution in [0, 0.1) is 5.92 Å². The highest BCUT2D eigenvalue weighted by Crippen LogP contribution is 2.30. The Morgan fingerprint density at radius 1 is 1.27 bits per heavy atom. The van der Waals surface area contributed by atoms with Crippen LogP contribution in [-0.4, -0.2) is 35.1 Å². The molecule has 1 saturated carbocycles. The van der Waals surface area contributed by atoms with Gasteiger partial charge in [0.2, 0.25) is 5.91 Å². The van der Waals surface area contributed by atoms with E-state index in [1.165, 1.54) is 19.3 Å². The zero-order valence-corrected chi connectivity index (χ0v) is 9.32. The van der Waals surface area contributed by atoms with Crippen LogP contribution in [0.4, 0.5) is 0 Å². The van der Waals surface area contributed by atoms with E-state index >= 15 is 0 Å². The molecule has 2 fully saturated rings. The lowest BCUT2D eigenvalue weighted by Gasteiger charge is -2.31. The summed E-state index contributed by atoms with van der Waals surface area (Å²) in [5.41, 5.74) is 0. The van der Waals surface area contributed by atoms with Gasteiger partial charge in [0.25, 0.3) is 0 Å². The molecule has 2 rings (SSSR count). The molecule has 1 aliphatic heterocycles. The van der Waals surface area contributed by atoms with Crippen LogP contribution in [0.3, 0.4) is 0 Å². The molecule has 1 N–H and O–H groups in total. The third-order valence-electron chi connectivity index (χ3n) is 3.74.